The number of rotatable bonds is 8. The van der Waals surface area contributed by atoms with Gasteiger partial charge in [0.25, 0.3) is 0 Å². The number of carbonyl (C=O) groups excluding carboxylic acids is 1. The predicted octanol–water partition coefficient (Wildman–Crippen LogP) is 4.61. The van der Waals surface area contributed by atoms with E-state index in [4.69, 9.17) is 27.9 Å². The van der Waals surface area contributed by atoms with Crippen molar-refractivity contribution in [1.82, 2.24) is 20.1 Å². The number of hydrogen-bond donors (Lipinski definition) is 1. The smallest absolute Gasteiger partial charge is 0.230 e. The Morgan fingerprint density at radius 1 is 1.29 bits per heavy atom. The minimum Gasteiger partial charge on any atom is -0.383 e. The first-order valence-corrected chi connectivity index (χ1v) is 11.1. The third-order valence-electron chi connectivity index (χ3n) is 4.74. The highest BCUT2D eigenvalue weighted by Crippen LogP contribution is 2.37. The molecule has 0 bridgehead atoms. The van der Waals surface area contributed by atoms with Gasteiger partial charge in [-0.15, -0.1) is 10.2 Å². The van der Waals surface area contributed by atoms with Crippen LogP contribution in [0.1, 0.15) is 38.1 Å². The number of nitrogens with zero attached hydrogens (tertiary/aromatic N) is 3. The monoisotopic (exact) mass is 442 g/mol. The first-order chi connectivity index (χ1) is 13.6. The predicted molar refractivity (Wildman–Crippen MR) is 113 cm³/mol. The maximum absolute atomic E-state index is 12.1. The van der Waals surface area contributed by atoms with Gasteiger partial charge in [0.1, 0.15) is 0 Å². The second-order valence-corrected chi connectivity index (χ2v) is 8.51. The summed E-state index contributed by atoms with van der Waals surface area (Å²) in [7, 11) is 1.61. The molecule has 0 atom stereocenters. The van der Waals surface area contributed by atoms with Gasteiger partial charge >= 0.3 is 0 Å². The van der Waals surface area contributed by atoms with Crippen LogP contribution < -0.4 is 5.32 Å². The number of methoxy groups -OCH3 is 1. The lowest BCUT2D eigenvalue weighted by Crippen LogP contribution is -2.28. The molecule has 6 nitrogen and oxygen atoms in total. The highest BCUT2D eigenvalue weighted by Gasteiger charge is 2.25. The number of carbonyl (C=O) groups is 1. The molecule has 9 heteroatoms. The molecule has 1 saturated carbocycles. The van der Waals surface area contributed by atoms with E-state index in [1.165, 1.54) is 31.0 Å². The zero-order valence-corrected chi connectivity index (χ0v) is 18.1. The first kappa shape index (κ1) is 21.4. The molecule has 28 heavy (non-hydrogen) atoms. The summed E-state index contributed by atoms with van der Waals surface area (Å²) in [5, 5.41) is 13.5. The molecule has 1 amide bonds. The Hall–Kier alpha value is -1.28. The summed E-state index contributed by atoms with van der Waals surface area (Å²) < 4.78 is 7.11. The number of aromatic nitrogens is 3. The summed E-state index contributed by atoms with van der Waals surface area (Å²) in [6.07, 6.45) is 5.75. The number of thioether (sulfide) groups is 1. The Kier molecular flexibility index (Phi) is 8.02. The molecule has 3 rings (SSSR count). The summed E-state index contributed by atoms with van der Waals surface area (Å²) >= 11 is 13.9. The van der Waals surface area contributed by atoms with Crippen LogP contribution in [-0.2, 0) is 9.53 Å². The van der Waals surface area contributed by atoms with Crippen molar-refractivity contribution in [2.75, 3.05) is 26.0 Å². The fourth-order valence-corrected chi connectivity index (χ4v) is 4.70. The fourth-order valence-electron chi connectivity index (χ4n) is 3.37. The van der Waals surface area contributed by atoms with E-state index in [2.05, 4.69) is 20.1 Å². The average molecular weight is 443 g/mol. The highest BCUT2D eigenvalue weighted by molar-refractivity contribution is 7.99. The number of benzene rings is 1. The molecule has 2 aromatic rings. The number of nitrogens with one attached hydrogen (secondary N) is 1. The second-order valence-electron chi connectivity index (χ2n) is 6.72. The van der Waals surface area contributed by atoms with Crippen molar-refractivity contribution in [2.45, 2.75) is 43.3 Å². The number of amides is 1. The van der Waals surface area contributed by atoms with Crippen LogP contribution in [0.2, 0.25) is 10.0 Å². The van der Waals surface area contributed by atoms with Crippen LogP contribution in [0.3, 0.4) is 0 Å². The quantitative estimate of drug-likeness (QED) is 0.477. The summed E-state index contributed by atoms with van der Waals surface area (Å²) in [6, 6.07) is 5.71. The van der Waals surface area contributed by atoms with Crippen LogP contribution >= 0.6 is 35.0 Å². The third kappa shape index (κ3) is 5.41. The van der Waals surface area contributed by atoms with Crippen molar-refractivity contribution >= 4 is 40.9 Å². The van der Waals surface area contributed by atoms with Gasteiger partial charge in [0.2, 0.25) is 5.91 Å². The molecule has 152 valence electrons. The maximum atomic E-state index is 12.1. The van der Waals surface area contributed by atoms with Crippen molar-refractivity contribution in [3.63, 3.8) is 0 Å². The molecule has 1 aliphatic rings. The zero-order chi connectivity index (χ0) is 19.9. The van der Waals surface area contributed by atoms with E-state index in [0.717, 1.165) is 29.4 Å². The molecular weight excluding hydrogens is 419 g/mol. The molecule has 1 N–H and O–H groups in total. The van der Waals surface area contributed by atoms with Gasteiger partial charge in [-0.3, -0.25) is 9.36 Å². The lowest BCUT2D eigenvalue weighted by molar-refractivity contribution is -0.118. The van der Waals surface area contributed by atoms with E-state index in [1.807, 2.05) is 6.07 Å². The molecule has 0 saturated heterocycles. The summed E-state index contributed by atoms with van der Waals surface area (Å²) in [6.45, 7) is 0.991. The number of ether oxygens (including phenoxy) is 1. The molecule has 1 heterocycles. The SMILES string of the molecule is COCCNC(=O)CSc1nnc(-c2ccc(Cl)cc2Cl)n1C1CCCCC1. The van der Waals surface area contributed by atoms with Crippen LogP contribution in [-0.4, -0.2) is 46.7 Å². The topological polar surface area (TPSA) is 69.0 Å². The third-order valence-corrected chi connectivity index (χ3v) is 6.23. The molecule has 1 aromatic heterocycles. The molecule has 1 aliphatic carbocycles. The highest BCUT2D eigenvalue weighted by atomic mass is 35.5. The van der Waals surface area contributed by atoms with Gasteiger partial charge in [-0.2, -0.15) is 0 Å². The Morgan fingerprint density at radius 3 is 2.79 bits per heavy atom. The summed E-state index contributed by atoms with van der Waals surface area (Å²) in [5.74, 6) is 0.963. The van der Waals surface area contributed by atoms with Crippen molar-refractivity contribution < 1.29 is 9.53 Å². The van der Waals surface area contributed by atoms with Crippen molar-refractivity contribution in [2.24, 2.45) is 0 Å². The lowest BCUT2D eigenvalue weighted by Gasteiger charge is -2.25. The van der Waals surface area contributed by atoms with Crippen LogP contribution in [0.4, 0.5) is 0 Å². The Morgan fingerprint density at radius 2 is 2.07 bits per heavy atom. The minimum atomic E-state index is -0.0497. The van der Waals surface area contributed by atoms with Gasteiger partial charge in [0, 0.05) is 30.3 Å². The molecule has 1 aromatic carbocycles. The van der Waals surface area contributed by atoms with Gasteiger partial charge in [-0.25, -0.2) is 0 Å². The fraction of sp³-hybridized carbons (Fsp3) is 0.526. The molecule has 0 unspecified atom stereocenters. The zero-order valence-electron chi connectivity index (χ0n) is 15.8. The van der Waals surface area contributed by atoms with Gasteiger partial charge in [-0.1, -0.05) is 54.2 Å². The molecule has 0 aliphatic heterocycles. The van der Waals surface area contributed by atoms with Crippen molar-refractivity contribution in [3.8, 4) is 11.4 Å². The van der Waals surface area contributed by atoms with Crippen molar-refractivity contribution in [3.05, 3.63) is 28.2 Å². The van der Waals surface area contributed by atoms with E-state index in [1.54, 1.807) is 19.2 Å². The van der Waals surface area contributed by atoms with Crippen LogP contribution in [0.5, 0.6) is 0 Å². The largest absolute Gasteiger partial charge is 0.383 e. The lowest BCUT2D eigenvalue weighted by atomic mass is 9.95. The summed E-state index contributed by atoms with van der Waals surface area (Å²) in [5.41, 5.74) is 0.806. The normalized spacial score (nSPS) is 15.0. The average Bonchev–Trinajstić information content (AvgIpc) is 3.11. The van der Waals surface area contributed by atoms with Crippen molar-refractivity contribution in [1.29, 1.82) is 0 Å². The van der Waals surface area contributed by atoms with Gasteiger partial charge in [0.05, 0.1) is 17.4 Å². The van der Waals surface area contributed by atoms with Crippen LogP contribution in [0.25, 0.3) is 11.4 Å². The van der Waals surface area contributed by atoms with Gasteiger partial charge in [0.15, 0.2) is 11.0 Å². The Bertz CT molecular complexity index is 809. The van der Waals surface area contributed by atoms with Gasteiger partial charge < -0.3 is 10.1 Å². The van der Waals surface area contributed by atoms with Gasteiger partial charge in [-0.05, 0) is 31.0 Å². The van der Waals surface area contributed by atoms with Crippen LogP contribution in [0.15, 0.2) is 23.4 Å². The Balaban J connectivity index is 1.83. The second kappa shape index (κ2) is 10.5. The first-order valence-electron chi connectivity index (χ1n) is 9.39. The standard InChI is InChI=1S/C19H24Cl2N4O2S/c1-27-10-9-22-17(26)12-28-19-24-23-18(15-8-7-13(20)11-16(15)21)25(19)14-5-3-2-4-6-14/h7-8,11,14H,2-6,9-10,12H2,1H3,(H,22,26). The van der Waals surface area contributed by atoms with E-state index < -0.39 is 0 Å². The minimum absolute atomic E-state index is 0.0497. The Labute approximate surface area is 179 Å². The van der Waals surface area contributed by atoms with E-state index in [0.29, 0.717) is 29.2 Å². The molecule has 0 radical (unpaired) electrons. The van der Waals surface area contributed by atoms with E-state index >= 15 is 0 Å². The molecule has 0 spiro atoms. The number of hydrogen-bond acceptors (Lipinski definition) is 5. The van der Waals surface area contributed by atoms with E-state index in [-0.39, 0.29) is 11.7 Å². The van der Waals surface area contributed by atoms with E-state index in [9.17, 15) is 4.79 Å². The maximum Gasteiger partial charge on any atom is 0.230 e. The summed E-state index contributed by atoms with van der Waals surface area (Å²) in [4.78, 5) is 12.1. The molecule has 1 fully saturated rings. The number of halogens is 2. The van der Waals surface area contributed by atoms with Crippen LogP contribution in [0, 0.1) is 0 Å². The molecular formula is C19H24Cl2N4O2S.